The van der Waals surface area contributed by atoms with E-state index in [-0.39, 0.29) is 37.3 Å². The molecule has 2 fully saturated rings. The minimum absolute atomic E-state index is 0.0637. The lowest BCUT2D eigenvalue weighted by atomic mass is 9.70. The van der Waals surface area contributed by atoms with Crippen molar-refractivity contribution >= 4 is 39.4 Å². The summed E-state index contributed by atoms with van der Waals surface area (Å²) in [5, 5.41) is 2.57. The first-order valence-electron chi connectivity index (χ1n) is 16.6. The van der Waals surface area contributed by atoms with Gasteiger partial charge in [-0.1, -0.05) is 88.4 Å². The normalized spacial score (nSPS) is 20.8. The Labute approximate surface area is 288 Å². The number of hydroxylamine groups is 1. The lowest BCUT2D eigenvalue weighted by Gasteiger charge is -2.36. The fraction of sp³-hybridized carbons (Fsp3) is 0.528. The molecule has 2 saturated carbocycles. The summed E-state index contributed by atoms with van der Waals surface area (Å²) in [6.45, 7) is 6.66. The van der Waals surface area contributed by atoms with Gasteiger partial charge in [0.05, 0.1) is 31.4 Å². The number of sulfonamides is 1. The van der Waals surface area contributed by atoms with Crippen LogP contribution in [0.25, 0.3) is 0 Å². The minimum atomic E-state index is -4.11. The summed E-state index contributed by atoms with van der Waals surface area (Å²) in [6.07, 6.45) is 0.742. The quantitative estimate of drug-likeness (QED) is 0.156. The molecule has 4 unspecified atom stereocenters. The first kappa shape index (κ1) is 37.9. The molecule has 0 saturated heterocycles. The molecular weight excluding hydrogens is 650 g/mol. The van der Waals surface area contributed by atoms with Crippen LogP contribution in [0.5, 0.6) is 0 Å². The Hall–Kier alpha value is -3.94. The third-order valence-corrected chi connectivity index (χ3v) is 11.6. The van der Waals surface area contributed by atoms with Gasteiger partial charge in [0.1, 0.15) is 12.4 Å². The molecule has 4 rings (SSSR count). The van der Waals surface area contributed by atoms with E-state index < -0.39 is 75.1 Å². The SMILES string of the molecule is CC(C)C(CC(=O)NOCc1ccccc1)C(=O)NC(CC(=O)OCc1ccccc1)C(=O)CNS(=O)(=O)CC12CCC(CC1=O)C2(C)C. The molecule has 2 bridgehead atoms. The van der Waals surface area contributed by atoms with Gasteiger partial charge in [0.25, 0.3) is 0 Å². The van der Waals surface area contributed by atoms with Gasteiger partial charge in [-0.25, -0.2) is 18.6 Å². The maximum absolute atomic E-state index is 13.5. The van der Waals surface area contributed by atoms with Crippen LogP contribution in [0, 0.1) is 28.6 Å². The van der Waals surface area contributed by atoms with Gasteiger partial charge in [0, 0.05) is 24.2 Å². The topological polar surface area (TPSA) is 174 Å². The van der Waals surface area contributed by atoms with Crippen molar-refractivity contribution in [1.29, 1.82) is 0 Å². The number of ketones is 2. The third-order valence-electron chi connectivity index (χ3n) is 10.2. The summed E-state index contributed by atoms with van der Waals surface area (Å²) >= 11 is 0. The molecule has 2 aliphatic carbocycles. The maximum atomic E-state index is 13.5. The van der Waals surface area contributed by atoms with Crippen LogP contribution in [0.1, 0.15) is 70.9 Å². The second-order valence-corrected chi connectivity index (χ2v) is 15.8. The maximum Gasteiger partial charge on any atom is 0.308 e. The Balaban J connectivity index is 1.41. The van der Waals surface area contributed by atoms with Crippen molar-refractivity contribution in [2.75, 3.05) is 12.3 Å². The molecule has 2 aliphatic rings. The van der Waals surface area contributed by atoms with Crippen LogP contribution >= 0.6 is 0 Å². The molecule has 2 amide bonds. The number of hydrogen-bond acceptors (Lipinski definition) is 9. The number of rotatable bonds is 18. The van der Waals surface area contributed by atoms with Crippen molar-refractivity contribution in [3.63, 3.8) is 0 Å². The summed E-state index contributed by atoms with van der Waals surface area (Å²) in [7, 11) is -4.11. The highest BCUT2D eigenvalue weighted by Gasteiger charge is 2.65. The van der Waals surface area contributed by atoms with E-state index >= 15 is 0 Å². The van der Waals surface area contributed by atoms with E-state index in [1.165, 1.54) is 0 Å². The van der Waals surface area contributed by atoms with E-state index in [4.69, 9.17) is 9.57 Å². The van der Waals surface area contributed by atoms with Crippen molar-refractivity contribution in [3.8, 4) is 0 Å². The molecular formula is C36H47N3O9S. The van der Waals surface area contributed by atoms with Crippen molar-refractivity contribution < 1.29 is 42.0 Å². The van der Waals surface area contributed by atoms with Crippen molar-refractivity contribution in [2.24, 2.45) is 28.6 Å². The molecule has 13 heteroatoms. The standard InChI is InChI=1S/C36H47N3O9S/c1-24(2)28(18-32(42)39-48-22-26-13-9-6-10-14-26)34(44)38-29(19-33(43)47-21-25-11-7-5-8-12-25)30(40)20-37-49(45,46)23-36-16-15-27(17-31(36)41)35(36,3)4/h5-14,24,27-29,37H,15-23H2,1-4H3,(H,38,44)(H,39,42). The number of fused-ring (bicyclic) bond motifs is 2. The number of hydrogen-bond donors (Lipinski definition) is 3. The van der Waals surface area contributed by atoms with Gasteiger partial charge in [0.2, 0.25) is 21.8 Å². The second-order valence-electron chi connectivity index (χ2n) is 14.0. The lowest BCUT2D eigenvalue weighted by molar-refractivity contribution is -0.147. The molecule has 4 atom stereocenters. The Kier molecular flexibility index (Phi) is 12.5. The van der Waals surface area contributed by atoms with E-state index in [0.29, 0.717) is 18.4 Å². The molecule has 3 N–H and O–H groups in total. The summed E-state index contributed by atoms with van der Waals surface area (Å²) in [6, 6.07) is 16.6. The number of amides is 2. The molecule has 2 aromatic rings. The summed E-state index contributed by atoms with van der Waals surface area (Å²) in [5.74, 6) is -4.43. The largest absolute Gasteiger partial charge is 0.461 e. The molecule has 0 spiro atoms. The van der Waals surface area contributed by atoms with Crippen LogP contribution in [-0.2, 0) is 56.8 Å². The molecule has 0 heterocycles. The number of benzene rings is 2. The van der Waals surface area contributed by atoms with E-state index in [1.54, 1.807) is 38.1 Å². The summed E-state index contributed by atoms with van der Waals surface area (Å²) in [5.41, 5.74) is 2.37. The third kappa shape index (κ3) is 9.61. The van der Waals surface area contributed by atoms with Crippen LogP contribution in [-0.4, -0.2) is 56.1 Å². The Morgan fingerprint density at radius 2 is 1.53 bits per heavy atom. The van der Waals surface area contributed by atoms with Gasteiger partial charge in [-0.15, -0.1) is 0 Å². The summed E-state index contributed by atoms with van der Waals surface area (Å²) in [4.78, 5) is 70.8. The van der Waals surface area contributed by atoms with E-state index in [1.807, 2.05) is 50.2 Å². The lowest BCUT2D eigenvalue weighted by Crippen LogP contribution is -2.51. The van der Waals surface area contributed by atoms with Gasteiger partial charge < -0.3 is 10.1 Å². The first-order valence-corrected chi connectivity index (χ1v) is 18.3. The predicted molar refractivity (Wildman–Crippen MR) is 180 cm³/mol. The molecule has 0 radical (unpaired) electrons. The van der Waals surface area contributed by atoms with Gasteiger partial charge >= 0.3 is 5.97 Å². The first-order chi connectivity index (χ1) is 23.1. The predicted octanol–water partition coefficient (Wildman–Crippen LogP) is 3.40. The number of Topliss-reactive ketones (excluding diaryl/α,β-unsaturated/α-hetero) is 2. The Morgan fingerprint density at radius 3 is 2.08 bits per heavy atom. The van der Waals surface area contributed by atoms with Gasteiger partial charge in [-0.2, -0.15) is 0 Å². The van der Waals surface area contributed by atoms with Crippen LogP contribution in [0.15, 0.2) is 60.7 Å². The van der Waals surface area contributed by atoms with Crippen molar-refractivity contribution in [1.82, 2.24) is 15.5 Å². The zero-order valence-electron chi connectivity index (χ0n) is 28.5. The zero-order chi connectivity index (χ0) is 35.8. The van der Waals surface area contributed by atoms with Crippen LogP contribution in [0.3, 0.4) is 0 Å². The van der Waals surface area contributed by atoms with Gasteiger partial charge in [-0.3, -0.25) is 28.8 Å². The Morgan fingerprint density at radius 1 is 0.918 bits per heavy atom. The number of nitrogens with one attached hydrogen (secondary N) is 3. The monoisotopic (exact) mass is 697 g/mol. The highest BCUT2D eigenvalue weighted by atomic mass is 32.2. The smallest absolute Gasteiger partial charge is 0.308 e. The van der Waals surface area contributed by atoms with E-state index in [9.17, 15) is 32.4 Å². The number of ether oxygens (including phenoxy) is 1. The van der Waals surface area contributed by atoms with Crippen molar-refractivity contribution in [2.45, 2.75) is 79.1 Å². The highest BCUT2D eigenvalue weighted by Crippen LogP contribution is 2.64. The fourth-order valence-electron chi connectivity index (χ4n) is 6.92. The van der Waals surface area contributed by atoms with E-state index in [2.05, 4.69) is 15.5 Å². The fourth-order valence-corrected chi connectivity index (χ4v) is 8.71. The zero-order valence-corrected chi connectivity index (χ0v) is 29.3. The molecule has 0 aliphatic heterocycles. The average Bonchev–Trinajstić information content (AvgIpc) is 3.40. The summed E-state index contributed by atoms with van der Waals surface area (Å²) < 4.78 is 34.2. The van der Waals surface area contributed by atoms with Gasteiger partial charge in [-0.05, 0) is 41.2 Å². The molecule has 49 heavy (non-hydrogen) atoms. The van der Waals surface area contributed by atoms with Gasteiger partial charge in [0.15, 0.2) is 5.78 Å². The van der Waals surface area contributed by atoms with E-state index in [0.717, 1.165) is 12.0 Å². The van der Waals surface area contributed by atoms with Crippen molar-refractivity contribution in [3.05, 3.63) is 71.8 Å². The second kappa shape index (κ2) is 16.2. The van der Waals surface area contributed by atoms with Crippen LogP contribution in [0.2, 0.25) is 0 Å². The number of esters is 1. The van der Waals surface area contributed by atoms with Crippen LogP contribution in [0.4, 0.5) is 0 Å². The van der Waals surface area contributed by atoms with Crippen LogP contribution < -0.4 is 15.5 Å². The highest BCUT2D eigenvalue weighted by molar-refractivity contribution is 7.89. The molecule has 12 nitrogen and oxygen atoms in total. The molecule has 266 valence electrons. The number of carbonyl (C=O) groups is 5. The molecule has 0 aromatic heterocycles. The number of carbonyl (C=O) groups excluding carboxylic acids is 5. The molecule has 2 aromatic carbocycles. The minimum Gasteiger partial charge on any atom is -0.461 e. The average molecular weight is 698 g/mol. The Bertz CT molecular complexity index is 1610.